The number of nitrogens with one attached hydrogen (secondary N) is 1. The van der Waals surface area contributed by atoms with Crippen molar-refractivity contribution in [2.24, 2.45) is 0 Å². The van der Waals surface area contributed by atoms with Gasteiger partial charge >= 0.3 is 0 Å². The Hall–Kier alpha value is -4.19. The van der Waals surface area contributed by atoms with E-state index in [4.69, 9.17) is 0 Å². The first-order chi connectivity index (χ1) is 46.5. The summed E-state index contributed by atoms with van der Waals surface area (Å²) in [6, 6.07) is 64.8. The van der Waals surface area contributed by atoms with E-state index in [1.165, 1.54) is 114 Å². The SMILES string of the molecule is C.CCCCN(P(c1ccccc1F)c1ccccc1F)P1C(c2ccc(C(C)(C)C)cc2)CC[C@H]1c1ccc(C(C)(C)C)cc1.CCCCNP1[C@H](c2ccc(C(C)(C)C)cc2)CC[C@H]1c1ccc(C(C)(C)C)cc1.CCN(CC)CC.Fc1ccccc1P(I)c1ccccc1F. The van der Waals surface area contributed by atoms with E-state index in [1.54, 1.807) is 48.5 Å². The van der Waals surface area contributed by atoms with Crippen molar-refractivity contribution < 1.29 is 17.6 Å². The van der Waals surface area contributed by atoms with Gasteiger partial charge in [-0.3, -0.25) is 9.53 Å². The molecular formula is C87H118F4IN3P4. The monoisotopic (exact) mass is 1530 g/mol. The van der Waals surface area contributed by atoms with Gasteiger partial charge in [0.2, 0.25) is 0 Å². The molecule has 536 valence electrons. The van der Waals surface area contributed by atoms with Crippen molar-refractivity contribution in [2.75, 3.05) is 32.7 Å². The van der Waals surface area contributed by atoms with Crippen LogP contribution in [0, 0.1) is 23.3 Å². The predicted molar refractivity (Wildman–Crippen MR) is 441 cm³/mol. The lowest BCUT2D eigenvalue weighted by Crippen LogP contribution is -2.30. The van der Waals surface area contributed by atoms with Crippen LogP contribution in [0.1, 0.15) is 244 Å². The summed E-state index contributed by atoms with van der Waals surface area (Å²) in [5.74, 6) is -1.04. The molecular weight excluding hydrogens is 1410 g/mol. The van der Waals surface area contributed by atoms with Gasteiger partial charge < -0.3 is 4.90 Å². The van der Waals surface area contributed by atoms with Gasteiger partial charge in [0.05, 0.1) is 0 Å². The molecule has 0 radical (unpaired) electrons. The van der Waals surface area contributed by atoms with Crippen LogP contribution >= 0.6 is 51.8 Å². The third kappa shape index (κ3) is 23.2. The molecule has 0 aromatic heterocycles. The molecule has 2 aliphatic rings. The van der Waals surface area contributed by atoms with Gasteiger partial charge in [-0.15, -0.1) is 0 Å². The molecule has 3 nitrogen and oxygen atoms in total. The predicted octanol–water partition coefficient (Wildman–Crippen LogP) is 26.1. The second-order valence-electron chi connectivity index (χ2n) is 30.2. The van der Waals surface area contributed by atoms with E-state index in [0.717, 1.165) is 38.8 Å². The molecule has 2 saturated heterocycles. The van der Waals surface area contributed by atoms with Crippen molar-refractivity contribution >= 4 is 73.0 Å². The fourth-order valence-corrected chi connectivity index (χ4v) is 27.1. The topological polar surface area (TPSA) is 18.5 Å². The van der Waals surface area contributed by atoms with Crippen LogP contribution in [0.5, 0.6) is 0 Å². The van der Waals surface area contributed by atoms with E-state index in [9.17, 15) is 8.78 Å². The van der Waals surface area contributed by atoms with E-state index in [0.29, 0.717) is 43.9 Å². The van der Waals surface area contributed by atoms with E-state index < -0.39 is 21.7 Å². The number of unbranched alkanes of at least 4 members (excludes halogenated alkanes) is 2. The number of rotatable bonds is 20. The minimum atomic E-state index is -1.45. The van der Waals surface area contributed by atoms with Gasteiger partial charge in [-0.25, -0.2) is 17.6 Å². The zero-order valence-electron chi connectivity index (χ0n) is 62.1. The fourth-order valence-electron chi connectivity index (χ4n) is 12.9. The first kappa shape index (κ1) is 83.8. The third-order valence-electron chi connectivity index (χ3n) is 19.0. The second-order valence-corrected chi connectivity index (χ2v) is 41.9. The van der Waals surface area contributed by atoms with Crippen molar-refractivity contribution in [3.05, 3.63) is 262 Å². The second kappa shape index (κ2) is 39.1. The maximum Gasteiger partial charge on any atom is 0.132 e. The summed E-state index contributed by atoms with van der Waals surface area (Å²) >= 11 is 2.11. The highest BCUT2D eigenvalue weighted by atomic mass is 127. The Morgan fingerprint density at radius 2 is 0.667 bits per heavy atom. The van der Waals surface area contributed by atoms with Crippen LogP contribution in [-0.4, -0.2) is 42.1 Å². The standard InChI is InChI=1S/C40H49F2NP2.C28H42NP.C12H8F2IP.C6H15N.CH4/c1-8-9-28-43(45(37-16-12-10-14-33(37)41)38-17-13-11-15-34(38)42)44-35(29-18-22-31(23-19-29)39(2,3)4)26-27-36(44)30-20-24-32(25-21-30)40(5,6)7;1-8-9-20-29-30-25(21-10-14-23(15-11-21)27(2,3)4)18-19-26(30)22-12-16-24(17-13-22)28(5,6)7;13-9-5-1-3-7-11(9)16(15)12-8-4-2-6-10(12)14;1-4-7(5-2)6-3;/h10-25,35-36H,8-9,26-28H2,1-7H3;10-17,25-26,29H,8-9,18-20H2,1-7H3;1-8H;4-6H2,1-3H3;1H4/t35-,36?,44?;25-,26-;;;/m00.../s1. The van der Waals surface area contributed by atoms with Gasteiger partial charge in [0.1, 0.15) is 23.3 Å². The van der Waals surface area contributed by atoms with E-state index >= 15 is 8.78 Å². The molecule has 1 N–H and O–H groups in total. The van der Waals surface area contributed by atoms with E-state index in [2.05, 4.69) is 251 Å². The van der Waals surface area contributed by atoms with Gasteiger partial charge in [-0.1, -0.05) is 296 Å². The highest BCUT2D eigenvalue weighted by molar-refractivity contribution is 14.2. The van der Waals surface area contributed by atoms with Gasteiger partial charge in [0.25, 0.3) is 0 Å². The lowest BCUT2D eigenvalue weighted by Gasteiger charge is -2.42. The van der Waals surface area contributed by atoms with Crippen LogP contribution in [0.3, 0.4) is 0 Å². The Labute approximate surface area is 616 Å². The van der Waals surface area contributed by atoms with Crippen LogP contribution in [0.2, 0.25) is 0 Å². The van der Waals surface area contributed by atoms with Gasteiger partial charge in [0, 0.05) is 64.0 Å². The minimum Gasteiger partial charge on any atom is -0.304 e. The molecule has 0 spiro atoms. The maximum absolute atomic E-state index is 15.9. The third-order valence-corrected chi connectivity index (χ3v) is 33.4. The molecule has 2 heterocycles. The zero-order chi connectivity index (χ0) is 71.5. The van der Waals surface area contributed by atoms with Gasteiger partial charge in [-0.05, 0) is 205 Å². The molecule has 2 unspecified atom stereocenters. The minimum absolute atomic E-state index is 0. The smallest absolute Gasteiger partial charge is 0.132 e. The zero-order valence-corrected chi connectivity index (χ0v) is 67.8. The summed E-state index contributed by atoms with van der Waals surface area (Å²) in [5.41, 5.74) is 12.8. The van der Waals surface area contributed by atoms with Crippen molar-refractivity contribution in [1.82, 2.24) is 14.4 Å². The van der Waals surface area contributed by atoms with Crippen LogP contribution < -0.4 is 26.3 Å². The Morgan fingerprint density at radius 3 is 0.929 bits per heavy atom. The fraction of sp³-hybridized carbons (Fsp3) is 0.448. The Kier molecular flexibility index (Phi) is 33.1. The van der Waals surface area contributed by atoms with Crippen molar-refractivity contribution in [3.63, 3.8) is 0 Å². The number of benzene rings is 8. The molecule has 8 aromatic rings. The number of halogens is 5. The molecule has 5 atom stereocenters. The molecule has 12 heteroatoms. The van der Waals surface area contributed by atoms with Crippen LogP contribution in [0.15, 0.2) is 194 Å². The lowest BCUT2D eigenvalue weighted by atomic mass is 9.86. The molecule has 2 fully saturated rings. The number of hydrogen-bond acceptors (Lipinski definition) is 3. The van der Waals surface area contributed by atoms with Gasteiger partial charge in [-0.2, -0.15) is 0 Å². The van der Waals surface area contributed by atoms with Crippen LogP contribution in [0.25, 0.3) is 0 Å². The maximum atomic E-state index is 15.9. The first-order valence-electron chi connectivity index (χ1n) is 36.0. The summed E-state index contributed by atoms with van der Waals surface area (Å²) in [6.45, 7) is 43.9. The number of hydrogen-bond donors (Lipinski definition) is 1. The summed E-state index contributed by atoms with van der Waals surface area (Å²) in [5, 5.41) is 6.41. The molecule has 0 saturated carbocycles. The molecule has 0 aliphatic carbocycles. The van der Waals surface area contributed by atoms with E-state index in [-0.39, 0.29) is 60.4 Å². The van der Waals surface area contributed by atoms with Crippen molar-refractivity contribution in [1.29, 1.82) is 0 Å². The van der Waals surface area contributed by atoms with E-state index in [1.807, 2.05) is 24.3 Å². The average Bonchev–Trinajstić information content (AvgIpc) is 1.73. The summed E-state index contributed by atoms with van der Waals surface area (Å²) in [4.78, 5) is 2.38. The quantitative estimate of drug-likeness (QED) is 0.0355. The highest BCUT2D eigenvalue weighted by Crippen LogP contribution is 2.76. The summed E-state index contributed by atoms with van der Waals surface area (Å²) < 4.78 is 61.4. The highest BCUT2D eigenvalue weighted by Gasteiger charge is 2.45. The van der Waals surface area contributed by atoms with Crippen molar-refractivity contribution in [3.8, 4) is 0 Å². The molecule has 10 rings (SSSR count). The summed E-state index contributed by atoms with van der Waals surface area (Å²) in [7, 11) is -2.57. The van der Waals surface area contributed by atoms with Gasteiger partial charge in [0.15, 0.2) is 0 Å². The molecule has 0 amide bonds. The average molecular weight is 1530 g/mol. The first-order valence-corrected chi connectivity index (χ1v) is 44.3. The Bertz CT molecular complexity index is 3440. The van der Waals surface area contributed by atoms with Crippen LogP contribution in [0.4, 0.5) is 17.6 Å². The van der Waals surface area contributed by atoms with Crippen LogP contribution in [-0.2, 0) is 21.7 Å². The largest absolute Gasteiger partial charge is 0.304 e. The normalized spacial score (nSPS) is 17.4. The molecule has 2 aliphatic heterocycles. The molecule has 0 bridgehead atoms. The summed E-state index contributed by atoms with van der Waals surface area (Å²) in [6.07, 6.45) is 9.24. The Balaban J connectivity index is 0.000000244. The lowest BCUT2D eigenvalue weighted by molar-refractivity contribution is 0.321. The van der Waals surface area contributed by atoms with Crippen molar-refractivity contribution in [2.45, 2.75) is 221 Å². The Morgan fingerprint density at radius 1 is 0.394 bits per heavy atom. The number of nitrogens with zero attached hydrogens (tertiary/aromatic N) is 2. The molecule has 8 aromatic carbocycles. The molecule has 99 heavy (non-hydrogen) atoms.